The molecule has 2 aromatic rings. The number of hydrogen-bond donors (Lipinski definition) is 1. The second-order valence-electron chi connectivity index (χ2n) is 5.86. The molecule has 0 saturated heterocycles. The van der Waals surface area contributed by atoms with Crippen LogP contribution in [-0.4, -0.2) is 16.7 Å². The van der Waals surface area contributed by atoms with E-state index in [9.17, 15) is 19.7 Å². The largest absolute Gasteiger partial charge is 0.349 e. The van der Waals surface area contributed by atoms with Gasteiger partial charge in [0.25, 0.3) is 17.5 Å². The van der Waals surface area contributed by atoms with Crippen molar-refractivity contribution in [3.63, 3.8) is 0 Å². The summed E-state index contributed by atoms with van der Waals surface area (Å²) in [6.07, 6.45) is 0. The molecule has 1 aliphatic heterocycles. The molecule has 0 fully saturated rings. The molecule has 2 amide bonds. The lowest BCUT2D eigenvalue weighted by molar-refractivity contribution is -0.384. The van der Waals surface area contributed by atoms with Crippen molar-refractivity contribution in [3.05, 3.63) is 74.4 Å². The highest BCUT2D eigenvalue weighted by molar-refractivity contribution is 6.53. The lowest BCUT2D eigenvalue weighted by Gasteiger charge is -2.15. The van der Waals surface area contributed by atoms with Crippen molar-refractivity contribution in [1.82, 2.24) is 0 Å². The Morgan fingerprint density at radius 1 is 1.08 bits per heavy atom. The highest BCUT2D eigenvalue weighted by atomic mass is 35.5. The summed E-state index contributed by atoms with van der Waals surface area (Å²) in [6.45, 7) is 3.76. The Morgan fingerprint density at radius 2 is 1.81 bits per heavy atom. The molecule has 0 bridgehead atoms. The van der Waals surface area contributed by atoms with Crippen molar-refractivity contribution in [2.24, 2.45) is 0 Å². The molecule has 1 N–H and O–H groups in total. The fourth-order valence-electron chi connectivity index (χ4n) is 2.60. The van der Waals surface area contributed by atoms with E-state index in [1.54, 1.807) is 0 Å². The van der Waals surface area contributed by atoms with Gasteiger partial charge in [0.05, 0.1) is 10.6 Å². The summed E-state index contributed by atoms with van der Waals surface area (Å²) in [5, 5.41) is 13.6. The lowest BCUT2D eigenvalue weighted by atomic mass is 10.1. The summed E-state index contributed by atoms with van der Waals surface area (Å²) in [7, 11) is 0. The molecule has 0 aromatic heterocycles. The standard InChI is InChI=1S/C18H14ClN3O4/c1-10-6-7-11(2)14(8-10)20-16-15(19)17(23)21(18(16)24)12-4-3-5-13(9-12)22(25)26/h3-9,20H,1-2H3. The van der Waals surface area contributed by atoms with E-state index in [-0.39, 0.29) is 22.1 Å². The molecule has 0 atom stereocenters. The Balaban J connectivity index is 1.96. The van der Waals surface area contributed by atoms with Crippen molar-refractivity contribution in [2.75, 3.05) is 10.2 Å². The Kier molecular flexibility index (Phi) is 4.48. The SMILES string of the molecule is Cc1ccc(C)c(NC2=C(Cl)C(=O)N(c3cccc([N+](=O)[O-])c3)C2=O)c1. The quantitative estimate of drug-likeness (QED) is 0.503. The predicted octanol–water partition coefficient (Wildman–Crippen LogP) is 3.65. The first-order valence-electron chi connectivity index (χ1n) is 7.67. The van der Waals surface area contributed by atoms with Crippen molar-refractivity contribution >= 4 is 40.5 Å². The Hall–Kier alpha value is -3.19. The monoisotopic (exact) mass is 371 g/mol. The summed E-state index contributed by atoms with van der Waals surface area (Å²) in [6, 6.07) is 10.9. The van der Waals surface area contributed by atoms with Gasteiger partial charge in [-0.05, 0) is 37.1 Å². The van der Waals surface area contributed by atoms with E-state index in [2.05, 4.69) is 5.32 Å². The number of carbonyl (C=O) groups is 2. The number of halogens is 1. The van der Waals surface area contributed by atoms with Crippen LogP contribution in [0.3, 0.4) is 0 Å². The molecule has 132 valence electrons. The molecule has 0 saturated carbocycles. The number of benzene rings is 2. The number of nitro benzene ring substituents is 1. The van der Waals surface area contributed by atoms with Crippen LogP contribution in [0, 0.1) is 24.0 Å². The zero-order valence-electron chi connectivity index (χ0n) is 13.9. The van der Waals surface area contributed by atoms with E-state index in [4.69, 9.17) is 11.6 Å². The van der Waals surface area contributed by atoms with Crippen molar-refractivity contribution in [1.29, 1.82) is 0 Å². The van der Waals surface area contributed by atoms with Crippen LogP contribution in [0.5, 0.6) is 0 Å². The third-order valence-electron chi connectivity index (χ3n) is 3.98. The van der Waals surface area contributed by atoms with E-state index in [1.165, 1.54) is 18.2 Å². The Bertz CT molecular complexity index is 984. The first-order valence-corrected chi connectivity index (χ1v) is 8.04. The minimum absolute atomic E-state index is 0.0585. The van der Waals surface area contributed by atoms with Gasteiger partial charge in [0.1, 0.15) is 10.7 Å². The number of amides is 2. The topological polar surface area (TPSA) is 92.6 Å². The van der Waals surface area contributed by atoms with Crippen LogP contribution in [0.2, 0.25) is 0 Å². The molecule has 1 heterocycles. The summed E-state index contributed by atoms with van der Waals surface area (Å²) < 4.78 is 0. The molecule has 3 rings (SSSR count). The highest BCUT2D eigenvalue weighted by Crippen LogP contribution is 2.32. The van der Waals surface area contributed by atoms with Crippen LogP contribution in [0.15, 0.2) is 53.2 Å². The normalized spacial score (nSPS) is 14.2. The summed E-state index contributed by atoms with van der Waals surface area (Å²) in [4.78, 5) is 36.4. The fourth-order valence-corrected chi connectivity index (χ4v) is 2.81. The maximum Gasteiger partial charge on any atom is 0.283 e. The van der Waals surface area contributed by atoms with E-state index >= 15 is 0 Å². The molecule has 0 spiro atoms. The summed E-state index contributed by atoms with van der Waals surface area (Å²) in [5.41, 5.74) is 2.31. The Labute approximate surface area is 154 Å². The van der Waals surface area contributed by atoms with E-state index in [1.807, 2.05) is 32.0 Å². The number of nitro groups is 1. The van der Waals surface area contributed by atoms with Gasteiger partial charge in [0.2, 0.25) is 0 Å². The first-order chi connectivity index (χ1) is 12.3. The molecular weight excluding hydrogens is 358 g/mol. The molecule has 0 radical (unpaired) electrons. The first kappa shape index (κ1) is 17.6. The van der Waals surface area contributed by atoms with Crippen LogP contribution < -0.4 is 10.2 Å². The third kappa shape index (κ3) is 3.04. The van der Waals surface area contributed by atoms with Crippen LogP contribution in [0.25, 0.3) is 0 Å². The molecule has 2 aromatic carbocycles. The second kappa shape index (κ2) is 6.61. The third-order valence-corrected chi connectivity index (χ3v) is 4.33. The molecular formula is C18H14ClN3O4. The van der Waals surface area contributed by atoms with Crippen LogP contribution in [-0.2, 0) is 9.59 Å². The number of imide groups is 1. The number of hydrogen-bond acceptors (Lipinski definition) is 5. The zero-order valence-corrected chi connectivity index (χ0v) is 14.7. The number of nitrogens with zero attached hydrogens (tertiary/aromatic N) is 2. The zero-order chi connectivity index (χ0) is 19.0. The maximum atomic E-state index is 12.7. The molecule has 26 heavy (non-hydrogen) atoms. The van der Waals surface area contributed by atoms with Gasteiger partial charge < -0.3 is 5.32 Å². The van der Waals surface area contributed by atoms with Crippen molar-refractivity contribution in [3.8, 4) is 0 Å². The molecule has 0 aliphatic carbocycles. The van der Waals surface area contributed by atoms with Gasteiger partial charge in [0.15, 0.2) is 0 Å². The van der Waals surface area contributed by atoms with Crippen LogP contribution in [0.4, 0.5) is 17.1 Å². The fraction of sp³-hybridized carbons (Fsp3) is 0.111. The van der Waals surface area contributed by atoms with E-state index in [0.717, 1.165) is 22.1 Å². The van der Waals surface area contributed by atoms with Gasteiger partial charge in [-0.1, -0.05) is 29.8 Å². The average molecular weight is 372 g/mol. The smallest absolute Gasteiger partial charge is 0.283 e. The summed E-state index contributed by atoms with van der Waals surface area (Å²) >= 11 is 6.08. The summed E-state index contributed by atoms with van der Waals surface area (Å²) in [5.74, 6) is -1.40. The van der Waals surface area contributed by atoms with Gasteiger partial charge in [-0.15, -0.1) is 0 Å². The number of nitrogens with one attached hydrogen (secondary N) is 1. The van der Waals surface area contributed by atoms with Gasteiger partial charge in [-0.3, -0.25) is 19.7 Å². The highest BCUT2D eigenvalue weighted by Gasteiger charge is 2.39. The molecule has 0 unspecified atom stereocenters. The van der Waals surface area contributed by atoms with Gasteiger partial charge in [0, 0.05) is 17.8 Å². The number of rotatable bonds is 4. The number of anilines is 2. The predicted molar refractivity (Wildman–Crippen MR) is 98.0 cm³/mol. The van der Waals surface area contributed by atoms with Gasteiger partial charge in [-0.2, -0.15) is 0 Å². The minimum atomic E-state index is -0.732. The number of aryl methyl sites for hydroxylation is 2. The maximum absolute atomic E-state index is 12.7. The molecule has 1 aliphatic rings. The second-order valence-corrected chi connectivity index (χ2v) is 6.23. The molecule has 8 heteroatoms. The average Bonchev–Trinajstić information content (AvgIpc) is 2.81. The Morgan fingerprint density at radius 3 is 2.50 bits per heavy atom. The van der Waals surface area contributed by atoms with E-state index < -0.39 is 16.7 Å². The van der Waals surface area contributed by atoms with Gasteiger partial charge >= 0.3 is 0 Å². The van der Waals surface area contributed by atoms with E-state index in [0.29, 0.717) is 5.69 Å². The van der Waals surface area contributed by atoms with Crippen molar-refractivity contribution < 1.29 is 14.5 Å². The minimum Gasteiger partial charge on any atom is -0.349 e. The number of non-ortho nitro benzene ring substituents is 1. The van der Waals surface area contributed by atoms with Crippen LogP contribution in [0.1, 0.15) is 11.1 Å². The van der Waals surface area contributed by atoms with Crippen molar-refractivity contribution in [2.45, 2.75) is 13.8 Å². The lowest BCUT2D eigenvalue weighted by Crippen LogP contribution is -2.32. The number of carbonyl (C=O) groups excluding carboxylic acids is 2. The van der Waals surface area contributed by atoms with Crippen LogP contribution >= 0.6 is 11.6 Å². The molecule has 7 nitrogen and oxygen atoms in total. The van der Waals surface area contributed by atoms with Gasteiger partial charge in [-0.25, -0.2) is 4.90 Å².